The van der Waals surface area contributed by atoms with E-state index in [1.165, 1.54) is 0 Å². The highest BCUT2D eigenvalue weighted by Gasteiger charge is 2.35. The van der Waals surface area contributed by atoms with Gasteiger partial charge in [-0.05, 0) is 12.1 Å². The predicted octanol–water partition coefficient (Wildman–Crippen LogP) is 4.29. The Morgan fingerprint density at radius 3 is 2.24 bits per heavy atom. The number of H-pyrrole nitrogens is 1. The first kappa shape index (κ1) is 15.4. The molecule has 4 nitrogen and oxygen atoms in total. The Kier molecular flexibility index (Phi) is 3.74. The molecule has 2 aromatic heterocycles. The largest absolute Gasteiger partial charge is 0.433 e. The Morgan fingerprint density at radius 2 is 1.71 bits per heavy atom. The van der Waals surface area contributed by atoms with Crippen LogP contribution in [0, 0.1) is 0 Å². The zero-order valence-electron chi connectivity index (χ0n) is 9.68. The monoisotopic (exact) mass is 331 g/mol. The van der Waals surface area contributed by atoms with Crippen LogP contribution in [-0.2, 0) is 12.4 Å². The van der Waals surface area contributed by atoms with Gasteiger partial charge in [0.15, 0.2) is 0 Å². The van der Waals surface area contributed by atoms with E-state index >= 15 is 0 Å². The molecule has 0 aromatic carbocycles. The third-order valence-corrected chi connectivity index (χ3v) is 2.45. The summed E-state index contributed by atoms with van der Waals surface area (Å²) in [5.41, 5.74) is -2.52. The van der Waals surface area contributed by atoms with E-state index in [9.17, 15) is 26.3 Å². The molecule has 0 saturated heterocycles. The van der Waals surface area contributed by atoms with Gasteiger partial charge in [-0.25, -0.2) is 4.98 Å². The number of rotatable bonds is 2. The number of aromatic nitrogens is 3. The smallest absolute Gasteiger partial charge is 0.417 e. The van der Waals surface area contributed by atoms with Gasteiger partial charge >= 0.3 is 12.4 Å². The fourth-order valence-electron chi connectivity index (χ4n) is 1.25. The fourth-order valence-corrected chi connectivity index (χ4v) is 1.40. The molecule has 0 aliphatic carbocycles. The second-order valence-corrected chi connectivity index (χ2v) is 4.11. The van der Waals surface area contributed by atoms with Crippen LogP contribution >= 0.6 is 11.6 Å². The van der Waals surface area contributed by atoms with Crippen molar-refractivity contribution in [2.45, 2.75) is 12.4 Å². The molecule has 2 aromatic rings. The van der Waals surface area contributed by atoms with E-state index in [0.29, 0.717) is 12.1 Å². The lowest BCUT2D eigenvalue weighted by atomic mass is 10.3. The van der Waals surface area contributed by atoms with E-state index in [1.54, 1.807) is 5.10 Å². The first-order valence-electron chi connectivity index (χ1n) is 5.11. The molecule has 0 aliphatic heterocycles. The molecule has 2 rings (SSSR count). The average molecular weight is 332 g/mol. The van der Waals surface area contributed by atoms with Gasteiger partial charge in [-0.3, -0.25) is 5.10 Å². The Hall–Kier alpha value is -1.97. The first-order chi connectivity index (χ1) is 9.57. The SMILES string of the molecule is FC(F)(F)c1ccc(Cl)c(Oc2cc(C(F)(F)F)[nH]n2)n1. The van der Waals surface area contributed by atoms with Gasteiger partial charge in [-0.2, -0.15) is 26.3 Å². The molecule has 114 valence electrons. The number of ether oxygens (including phenoxy) is 1. The standard InChI is InChI=1S/C10H4ClF6N3O/c11-4-1-2-5(9(12,13)14)18-8(4)21-7-3-6(19-20-7)10(15,16)17/h1-3H,(H,19,20). The van der Waals surface area contributed by atoms with Crippen molar-refractivity contribution in [2.75, 3.05) is 0 Å². The van der Waals surface area contributed by atoms with Gasteiger partial charge in [0.1, 0.15) is 16.4 Å². The van der Waals surface area contributed by atoms with Crippen LogP contribution in [0.2, 0.25) is 5.02 Å². The number of nitrogens with zero attached hydrogens (tertiary/aromatic N) is 2. The summed E-state index contributed by atoms with van der Waals surface area (Å²) in [6, 6.07) is 1.95. The fraction of sp³-hybridized carbons (Fsp3) is 0.200. The summed E-state index contributed by atoms with van der Waals surface area (Å²) < 4.78 is 79.1. The molecule has 2 heterocycles. The maximum absolute atomic E-state index is 12.5. The molecule has 0 spiro atoms. The Bertz CT molecular complexity index is 651. The molecule has 1 N–H and O–H groups in total. The zero-order valence-corrected chi connectivity index (χ0v) is 10.4. The number of nitrogens with one attached hydrogen (secondary N) is 1. The lowest BCUT2D eigenvalue weighted by Gasteiger charge is -2.08. The molecule has 0 unspecified atom stereocenters. The van der Waals surface area contributed by atoms with Gasteiger partial charge in [0.05, 0.1) is 0 Å². The Balaban J connectivity index is 2.29. The third-order valence-electron chi connectivity index (χ3n) is 2.17. The van der Waals surface area contributed by atoms with Gasteiger partial charge in [-0.1, -0.05) is 11.6 Å². The molecule has 0 atom stereocenters. The first-order valence-corrected chi connectivity index (χ1v) is 5.49. The zero-order chi connectivity index (χ0) is 15.8. The predicted molar refractivity (Wildman–Crippen MR) is 57.9 cm³/mol. The van der Waals surface area contributed by atoms with Gasteiger partial charge in [0.25, 0.3) is 0 Å². The quantitative estimate of drug-likeness (QED) is 0.835. The van der Waals surface area contributed by atoms with Crippen LogP contribution in [0.5, 0.6) is 11.8 Å². The third kappa shape index (κ3) is 3.57. The molecule has 0 fully saturated rings. The van der Waals surface area contributed by atoms with Crippen molar-refractivity contribution in [1.82, 2.24) is 15.2 Å². The second kappa shape index (κ2) is 5.10. The summed E-state index contributed by atoms with van der Waals surface area (Å²) in [7, 11) is 0. The lowest BCUT2D eigenvalue weighted by molar-refractivity contribution is -0.142. The van der Waals surface area contributed by atoms with Gasteiger partial charge in [0, 0.05) is 6.07 Å². The number of halogens is 7. The summed E-state index contributed by atoms with van der Waals surface area (Å²) in [6.07, 6.45) is -9.44. The van der Waals surface area contributed by atoms with Crippen molar-refractivity contribution < 1.29 is 31.1 Å². The summed E-state index contributed by atoms with van der Waals surface area (Å²) >= 11 is 5.58. The van der Waals surface area contributed by atoms with Crippen LogP contribution in [-0.4, -0.2) is 15.2 Å². The highest BCUT2D eigenvalue weighted by atomic mass is 35.5. The second-order valence-electron chi connectivity index (χ2n) is 3.70. The molecule has 21 heavy (non-hydrogen) atoms. The van der Waals surface area contributed by atoms with Gasteiger partial charge in [0.2, 0.25) is 11.8 Å². The minimum atomic E-state index is -4.74. The highest BCUT2D eigenvalue weighted by molar-refractivity contribution is 6.31. The lowest BCUT2D eigenvalue weighted by Crippen LogP contribution is -2.08. The maximum atomic E-state index is 12.5. The van der Waals surface area contributed by atoms with Crippen LogP contribution < -0.4 is 4.74 Å². The van der Waals surface area contributed by atoms with Crippen LogP contribution in [0.15, 0.2) is 18.2 Å². The van der Waals surface area contributed by atoms with E-state index in [-0.39, 0.29) is 5.02 Å². The molecule has 0 saturated carbocycles. The van der Waals surface area contributed by atoms with Crippen molar-refractivity contribution in [3.63, 3.8) is 0 Å². The minimum absolute atomic E-state index is 0.306. The normalized spacial score (nSPS) is 12.5. The highest BCUT2D eigenvalue weighted by Crippen LogP contribution is 2.35. The Morgan fingerprint density at radius 1 is 1.05 bits per heavy atom. The molecule has 0 aliphatic rings. The molecule has 0 amide bonds. The number of hydrogen-bond acceptors (Lipinski definition) is 3. The van der Waals surface area contributed by atoms with E-state index < -0.39 is 35.5 Å². The number of aromatic amines is 1. The Labute approximate surface area is 117 Å². The maximum Gasteiger partial charge on any atom is 0.433 e. The van der Waals surface area contributed by atoms with Crippen molar-refractivity contribution in [1.29, 1.82) is 0 Å². The van der Waals surface area contributed by atoms with Crippen molar-refractivity contribution >= 4 is 11.6 Å². The van der Waals surface area contributed by atoms with Crippen LogP contribution in [0.1, 0.15) is 11.4 Å². The summed E-state index contributed by atoms with van der Waals surface area (Å²) in [6.45, 7) is 0. The van der Waals surface area contributed by atoms with E-state index in [2.05, 4.69) is 10.1 Å². The van der Waals surface area contributed by atoms with Crippen molar-refractivity contribution in [2.24, 2.45) is 0 Å². The number of pyridine rings is 1. The average Bonchev–Trinajstić information content (AvgIpc) is 2.79. The van der Waals surface area contributed by atoms with Crippen molar-refractivity contribution in [3.05, 3.63) is 34.6 Å². The topological polar surface area (TPSA) is 50.8 Å². The van der Waals surface area contributed by atoms with Gasteiger partial charge in [-0.15, -0.1) is 5.10 Å². The van der Waals surface area contributed by atoms with Crippen LogP contribution in [0.3, 0.4) is 0 Å². The minimum Gasteiger partial charge on any atom is -0.417 e. The molecule has 0 radical (unpaired) electrons. The van der Waals surface area contributed by atoms with E-state index in [1.807, 2.05) is 0 Å². The van der Waals surface area contributed by atoms with Crippen molar-refractivity contribution in [3.8, 4) is 11.8 Å². The molecule has 11 heteroatoms. The summed E-state index contributed by atoms with van der Waals surface area (Å²) in [4.78, 5) is 3.10. The molecular formula is C10H4ClF6N3O. The summed E-state index contributed by atoms with van der Waals surface area (Å²) in [5.74, 6) is -1.32. The van der Waals surface area contributed by atoms with Gasteiger partial charge < -0.3 is 4.74 Å². The van der Waals surface area contributed by atoms with E-state index in [4.69, 9.17) is 16.3 Å². The van der Waals surface area contributed by atoms with Crippen LogP contribution in [0.25, 0.3) is 0 Å². The van der Waals surface area contributed by atoms with Crippen LogP contribution in [0.4, 0.5) is 26.3 Å². The van der Waals surface area contributed by atoms with E-state index in [0.717, 1.165) is 6.07 Å². The molecular weight excluding hydrogens is 328 g/mol. The number of hydrogen-bond donors (Lipinski definition) is 1. The summed E-state index contributed by atoms with van der Waals surface area (Å²) in [5, 5.41) is 4.49. The number of alkyl halides is 6. The molecule has 0 bridgehead atoms.